The predicted molar refractivity (Wildman–Crippen MR) is 70.9 cm³/mol. The van der Waals surface area contributed by atoms with E-state index in [0.29, 0.717) is 0 Å². The quantitative estimate of drug-likeness (QED) is 0.846. The van der Waals surface area contributed by atoms with Gasteiger partial charge in [-0.15, -0.1) is 0 Å². The molecule has 0 spiro atoms. The fourth-order valence-corrected chi connectivity index (χ4v) is 2.08. The lowest BCUT2D eigenvalue weighted by Crippen LogP contribution is -2.26. The van der Waals surface area contributed by atoms with Crippen LogP contribution in [0.4, 0.5) is 0 Å². The third-order valence-corrected chi connectivity index (χ3v) is 3.32. The first-order valence-electron chi connectivity index (χ1n) is 5.91. The lowest BCUT2D eigenvalue weighted by molar-refractivity contribution is 0.100. The summed E-state index contributed by atoms with van der Waals surface area (Å²) in [7, 11) is 0. The predicted octanol–water partition coefficient (Wildman–Crippen LogP) is 3.70. The van der Waals surface area contributed by atoms with Crippen LogP contribution in [0.1, 0.15) is 31.1 Å². The van der Waals surface area contributed by atoms with E-state index in [2.05, 4.69) is 26.0 Å². The Morgan fingerprint density at radius 1 is 0.824 bits per heavy atom. The van der Waals surface area contributed by atoms with Crippen molar-refractivity contribution in [3.8, 4) is 0 Å². The highest BCUT2D eigenvalue weighted by Crippen LogP contribution is 2.36. The molecule has 0 unspecified atom stereocenters. The largest absolute Gasteiger partial charge is 0.388 e. The first kappa shape index (κ1) is 11.9. The molecule has 0 radical (unpaired) electrons. The SMILES string of the molecule is CC(C)(c1ccccc1)[C@H](O)c1ccccc1. The zero-order valence-corrected chi connectivity index (χ0v) is 10.3. The number of benzene rings is 2. The van der Waals surface area contributed by atoms with Crippen molar-refractivity contribution in [2.45, 2.75) is 25.4 Å². The van der Waals surface area contributed by atoms with Gasteiger partial charge in [0.25, 0.3) is 0 Å². The van der Waals surface area contributed by atoms with Gasteiger partial charge >= 0.3 is 0 Å². The third-order valence-electron chi connectivity index (χ3n) is 3.32. The molecule has 0 aliphatic heterocycles. The Morgan fingerprint density at radius 2 is 1.29 bits per heavy atom. The average molecular weight is 226 g/mol. The molecule has 1 heteroatoms. The van der Waals surface area contributed by atoms with Gasteiger partial charge in [-0.25, -0.2) is 0 Å². The van der Waals surface area contributed by atoms with Gasteiger partial charge in [0.1, 0.15) is 0 Å². The number of hydrogen-bond donors (Lipinski definition) is 1. The summed E-state index contributed by atoms with van der Waals surface area (Å²) in [6.07, 6.45) is -0.494. The molecule has 1 N–H and O–H groups in total. The monoisotopic (exact) mass is 226 g/mol. The molecule has 0 fully saturated rings. The van der Waals surface area contributed by atoms with E-state index in [1.54, 1.807) is 0 Å². The second kappa shape index (κ2) is 4.72. The van der Waals surface area contributed by atoms with Crippen LogP contribution in [0.5, 0.6) is 0 Å². The van der Waals surface area contributed by atoms with Crippen LogP contribution >= 0.6 is 0 Å². The van der Waals surface area contributed by atoms with Crippen molar-refractivity contribution in [1.29, 1.82) is 0 Å². The zero-order valence-electron chi connectivity index (χ0n) is 10.3. The van der Waals surface area contributed by atoms with E-state index in [9.17, 15) is 5.11 Å². The number of aliphatic hydroxyl groups excluding tert-OH is 1. The van der Waals surface area contributed by atoms with E-state index >= 15 is 0 Å². The summed E-state index contributed by atoms with van der Waals surface area (Å²) < 4.78 is 0. The van der Waals surface area contributed by atoms with E-state index in [0.717, 1.165) is 11.1 Å². The second-order valence-electron chi connectivity index (χ2n) is 4.90. The molecule has 17 heavy (non-hydrogen) atoms. The molecule has 0 amide bonds. The van der Waals surface area contributed by atoms with Crippen LogP contribution in [-0.2, 0) is 5.41 Å². The first-order chi connectivity index (χ1) is 8.12. The average Bonchev–Trinajstić information content (AvgIpc) is 2.40. The molecule has 1 atom stereocenters. The smallest absolute Gasteiger partial charge is 0.0881 e. The minimum absolute atomic E-state index is 0.289. The topological polar surface area (TPSA) is 20.2 Å². The van der Waals surface area contributed by atoms with Crippen LogP contribution in [0.25, 0.3) is 0 Å². The van der Waals surface area contributed by atoms with E-state index in [1.165, 1.54) is 0 Å². The van der Waals surface area contributed by atoms with Gasteiger partial charge in [0.05, 0.1) is 6.10 Å². The Morgan fingerprint density at radius 3 is 1.82 bits per heavy atom. The van der Waals surface area contributed by atoms with Crippen molar-refractivity contribution in [2.24, 2.45) is 0 Å². The van der Waals surface area contributed by atoms with Gasteiger partial charge in [0, 0.05) is 5.41 Å². The molecule has 2 aromatic carbocycles. The highest BCUT2D eigenvalue weighted by molar-refractivity contribution is 5.30. The molecule has 0 saturated heterocycles. The van der Waals surface area contributed by atoms with E-state index in [1.807, 2.05) is 48.5 Å². The van der Waals surface area contributed by atoms with Gasteiger partial charge in [-0.05, 0) is 11.1 Å². The normalized spacial score (nSPS) is 13.4. The lowest BCUT2D eigenvalue weighted by Gasteiger charge is -2.31. The highest BCUT2D eigenvalue weighted by Gasteiger charge is 2.30. The van der Waals surface area contributed by atoms with Gasteiger partial charge < -0.3 is 5.11 Å². The number of aliphatic hydroxyl groups is 1. The van der Waals surface area contributed by atoms with Crippen molar-refractivity contribution >= 4 is 0 Å². The summed E-state index contributed by atoms with van der Waals surface area (Å²) in [6, 6.07) is 20.0. The number of hydrogen-bond acceptors (Lipinski definition) is 1. The summed E-state index contributed by atoms with van der Waals surface area (Å²) >= 11 is 0. The Balaban J connectivity index is 2.33. The van der Waals surface area contributed by atoms with Crippen molar-refractivity contribution in [3.05, 3.63) is 71.8 Å². The van der Waals surface area contributed by atoms with Crippen molar-refractivity contribution in [1.82, 2.24) is 0 Å². The van der Waals surface area contributed by atoms with Gasteiger partial charge in [-0.2, -0.15) is 0 Å². The number of rotatable bonds is 3. The van der Waals surface area contributed by atoms with E-state index in [4.69, 9.17) is 0 Å². The fraction of sp³-hybridized carbons (Fsp3) is 0.250. The molecular formula is C16H18O. The van der Waals surface area contributed by atoms with Crippen LogP contribution in [0.2, 0.25) is 0 Å². The summed E-state index contributed by atoms with van der Waals surface area (Å²) in [6.45, 7) is 4.14. The molecule has 0 heterocycles. The summed E-state index contributed by atoms with van der Waals surface area (Å²) in [5, 5.41) is 10.5. The molecule has 2 aromatic rings. The minimum Gasteiger partial charge on any atom is -0.388 e. The Bertz CT molecular complexity index is 459. The molecule has 1 nitrogen and oxygen atoms in total. The Hall–Kier alpha value is -1.60. The molecule has 0 aliphatic carbocycles. The molecule has 88 valence electrons. The van der Waals surface area contributed by atoms with E-state index < -0.39 is 6.10 Å². The Kier molecular flexibility index (Phi) is 3.30. The maximum atomic E-state index is 10.5. The van der Waals surface area contributed by atoms with Crippen LogP contribution < -0.4 is 0 Å². The molecule has 0 aliphatic rings. The third kappa shape index (κ3) is 2.40. The fourth-order valence-electron chi connectivity index (χ4n) is 2.08. The van der Waals surface area contributed by atoms with Crippen molar-refractivity contribution in [2.75, 3.05) is 0 Å². The highest BCUT2D eigenvalue weighted by atomic mass is 16.3. The van der Waals surface area contributed by atoms with Crippen LogP contribution in [-0.4, -0.2) is 5.11 Å². The van der Waals surface area contributed by atoms with Crippen LogP contribution in [0, 0.1) is 0 Å². The molecule has 0 aromatic heterocycles. The van der Waals surface area contributed by atoms with Crippen molar-refractivity contribution in [3.63, 3.8) is 0 Å². The van der Waals surface area contributed by atoms with E-state index in [-0.39, 0.29) is 5.41 Å². The molecule has 0 bridgehead atoms. The van der Waals surface area contributed by atoms with Crippen LogP contribution in [0.3, 0.4) is 0 Å². The maximum absolute atomic E-state index is 10.5. The summed E-state index contributed by atoms with van der Waals surface area (Å²) in [4.78, 5) is 0. The van der Waals surface area contributed by atoms with Gasteiger partial charge in [0.15, 0.2) is 0 Å². The second-order valence-corrected chi connectivity index (χ2v) is 4.90. The van der Waals surface area contributed by atoms with Gasteiger partial charge in [0.2, 0.25) is 0 Å². The van der Waals surface area contributed by atoms with Gasteiger partial charge in [-0.1, -0.05) is 74.5 Å². The zero-order chi connectivity index (χ0) is 12.3. The first-order valence-corrected chi connectivity index (χ1v) is 5.91. The minimum atomic E-state index is -0.494. The van der Waals surface area contributed by atoms with Crippen molar-refractivity contribution < 1.29 is 5.11 Å². The lowest BCUT2D eigenvalue weighted by atomic mass is 9.77. The Labute approximate surface area is 103 Å². The maximum Gasteiger partial charge on any atom is 0.0881 e. The summed E-state index contributed by atoms with van der Waals surface area (Å²) in [5.74, 6) is 0. The molecular weight excluding hydrogens is 208 g/mol. The van der Waals surface area contributed by atoms with Crippen LogP contribution in [0.15, 0.2) is 60.7 Å². The molecule has 2 rings (SSSR count). The molecule has 0 saturated carbocycles. The van der Waals surface area contributed by atoms with Gasteiger partial charge in [-0.3, -0.25) is 0 Å². The standard InChI is InChI=1S/C16H18O/c1-16(2,14-11-7-4-8-12-14)15(17)13-9-5-3-6-10-13/h3-12,15,17H,1-2H3/t15-/m1/s1. The summed E-state index contributed by atoms with van der Waals surface area (Å²) in [5.41, 5.74) is 1.82.